The van der Waals surface area contributed by atoms with Gasteiger partial charge in [-0.05, 0) is 30.5 Å². The van der Waals surface area contributed by atoms with Gasteiger partial charge in [0.15, 0.2) is 0 Å². The van der Waals surface area contributed by atoms with Gasteiger partial charge in [0.2, 0.25) is 0 Å². The van der Waals surface area contributed by atoms with Crippen molar-refractivity contribution in [3.63, 3.8) is 0 Å². The summed E-state index contributed by atoms with van der Waals surface area (Å²) in [6.45, 7) is 5.82. The predicted octanol–water partition coefficient (Wildman–Crippen LogP) is 3.83. The van der Waals surface area contributed by atoms with Crippen LogP contribution in [0.2, 0.25) is 0 Å². The van der Waals surface area contributed by atoms with Crippen LogP contribution < -0.4 is 0 Å². The molecule has 98 valence electrons. The van der Waals surface area contributed by atoms with Gasteiger partial charge in [-0.25, -0.2) is 0 Å². The summed E-state index contributed by atoms with van der Waals surface area (Å²) in [4.78, 5) is 4.10. The Labute approximate surface area is 119 Å². The molecule has 0 spiro atoms. The van der Waals surface area contributed by atoms with E-state index in [1.54, 1.807) is 5.56 Å². The van der Waals surface area contributed by atoms with E-state index in [0.717, 1.165) is 13.0 Å². The van der Waals surface area contributed by atoms with Crippen LogP contribution in [-0.2, 0) is 0 Å². The SMILES string of the molecule is CC1CN(CC2CSc3ccccc32)CCC1Cl. The molecule has 1 saturated heterocycles. The molecule has 0 bridgehead atoms. The zero-order chi connectivity index (χ0) is 12.5. The Morgan fingerprint density at radius 3 is 3.06 bits per heavy atom. The first-order chi connectivity index (χ1) is 8.74. The number of alkyl halides is 1. The summed E-state index contributed by atoms with van der Waals surface area (Å²) in [5, 5.41) is 0.381. The second kappa shape index (κ2) is 5.44. The summed E-state index contributed by atoms with van der Waals surface area (Å²) < 4.78 is 0. The van der Waals surface area contributed by atoms with Gasteiger partial charge in [-0.15, -0.1) is 23.4 Å². The number of likely N-dealkylation sites (tertiary alicyclic amines) is 1. The van der Waals surface area contributed by atoms with E-state index in [2.05, 4.69) is 36.1 Å². The number of fused-ring (bicyclic) bond motifs is 1. The Kier molecular flexibility index (Phi) is 3.88. The van der Waals surface area contributed by atoms with Crippen molar-refractivity contribution in [3.8, 4) is 0 Å². The van der Waals surface area contributed by atoms with Gasteiger partial charge in [-0.3, -0.25) is 0 Å². The Hall–Kier alpha value is -0.180. The third kappa shape index (κ3) is 2.56. The number of benzene rings is 1. The Bertz CT molecular complexity index is 423. The summed E-state index contributed by atoms with van der Waals surface area (Å²) >= 11 is 8.31. The predicted molar refractivity (Wildman–Crippen MR) is 79.8 cm³/mol. The molecule has 1 aromatic carbocycles. The largest absolute Gasteiger partial charge is 0.302 e. The molecular weight excluding hydrogens is 262 g/mol. The second-order valence-electron chi connectivity index (χ2n) is 5.59. The van der Waals surface area contributed by atoms with E-state index in [1.807, 2.05) is 11.8 Å². The lowest BCUT2D eigenvalue weighted by atomic mass is 9.96. The van der Waals surface area contributed by atoms with Gasteiger partial charge in [-0.1, -0.05) is 25.1 Å². The summed E-state index contributed by atoms with van der Waals surface area (Å²) in [6, 6.07) is 8.88. The van der Waals surface area contributed by atoms with Crippen molar-refractivity contribution in [1.82, 2.24) is 4.90 Å². The monoisotopic (exact) mass is 281 g/mol. The molecule has 0 saturated carbocycles. The molecule has 1 aromatic rings. The molecule has 0 radical (unpaired) electrons. The zero-order valence-corrected chi connectivity index (χ0v) is 12.4. The molecule has 0 N–H and O–H groups in total. The molecule has 1 nitrogen and oxygen atoms in total. The van der Waals surface area contributed by atoms with E-state index in [1.165, 1.54) is 23.7 Å². The fourth-order valence-electron chi connectivity index (χ4n) is 3.06. The molecule has 18 heavy (non-hydrogen) atoms. The van der Waals surface area contributed by atoms with E-state index in [9.17, 15) is 0 Å². The second-order valence-corrected chi connectivity index (χ2v) is 7.21. The number of nitrogens with zero attached hydrogens (tertiary/aromatic N) is 1. The van der Waals surface area contributed by atoms with Crippen LogP contribution in [-0.4, -0.2) is 35.7 Å². The average molecular weight is 282 g/mol. The van der Waals surface area contributed by atoms with Crippen LogP contribution in [0.3, 0.4) is 0 Å². The maximum Gasteiger partial charge on any atom is 0.0386 e. The van der Waals surface area contributed by atoms with Crippen LogP contribution in [0.25, 0.3) is 0 Å². The lowest BCUT2D eigenvalue weighted by Crippen LogP contribution is -2.41. The van der Waals surface area contributed by atoms with Crippen LogP contribution in [0.4, 0.5) is 0 Å². The third-order valence-electron chi connectivity index (χ3n) is 4.16. The van der Waals surface area contributed by atoms with Crippen molar-refractivity contribution >= 4 is 23.4 Å². The molecule has 3 unspecified atom stereocenters. The lowest BCUT2D eigenvalue weighted by molar-refractivity contribution is 0.180. The fraction of sp³-hybridized carbons (Fsp3) is 0.600. The van der Waals surface area contributed by atoms with Gasteiger partial charge < -0.3 is 4.90 Å². The van der Waals surface area contributed by atoms with Gasteiger partial charge in [0.25, 0.3) is 0 Å². The Morgan fingerprint density at radius 1 is 1.39 bits per heavy atom. The fourth-order valence-corrected chi connectivity index (χ4v) is 4.48. The topological polar surface area (TPSA) is 3.24 Å². The minimum absolute atomic E-state index is 0.381. The summed E-state index contributed by atoms with van der Waals surface area (Å²) in [7, 11) is 0. The lowest BCUT2D eigenvalue weighted by Gasteiger charge is -2.35. The van der Waals surface area contributed by atoms with Crippen LogP contribution in [0.5, 0.6) is 0 Å². The van der Waals surface area contributed by atoms with E-state index < -0.39 is 0 Å². The maximum absolute atomic E-state index is 6.30. The van der Waals surface area contributed by atoms with Crippen molar-refractivity contribution in [2.75, 3.05) is 25.4 Å². The Morgan fingerprint density at radius 2 is 2.22 bits per heavy atom. The highest BCUT2D eigenvalue weighted by Crippen LogP contribution is 2.40. The van der Waals surface area contributed by atoms with E-state index in [0.29, 0.717) is 17.2 Å². The molecule has 2 aliphatic heterocycles. The molecule has 3 atom stereocenters. The van der Waals surface area contributed by atoms with Crippen molar-refractivity contribution in [1.29, 1.82) is 0 Å². The first-order valence-electron chi connectivity index (χ1n) is 6.82. The molecule has 3 heteroatoms. The van der Waals surface area contributed by atoms with Crippen molar-refractivity contribution in [3.05, 3.63) is 29.8 Å². The number of thioether (sulfide) groups is 1. The van der Waals surface area contributed by atoms with Gasteiger partial charge in [0.1, 0.15) is 0 Å². The van der Waals surface area contributed by atoms with Crippen LogP contribution in [0.1, 0.15) is 24.8 Å². The highest BCUT2D eigenvalue weighted by molar-refractivity contribution is 7.99. The standard InChI is InChI=1S/C15H20ClNS/c1-11-8-17(7-6-14(11)16)9-12-10-18-15-5-3-2-4-13(12)15/h2-5,11-12,14H,6-10H2,1H3. The van der Waals surface area contributed by atoms with Crippen molar-refractivity contribution in [2.45, 2.75) is 29.5 Å². The highest BCUT2D eigenvalue weighted by atomic mass is 35.5. The molecule has 1 fully saturated rings. The molecular formula is C15H20ClNS. The van der Waals surface area contributed by atoms with Crippen molar-refractivity contribution in [2.24, 2.45) is 5.92 Å². The van der Waals surface area contributed by atoms with Gasteiger partial charge in [0.05, 0.1) is 0 Å². The number of piperidine rings is 1. The number of hydrogen-bond donors (Lipinski definition) is 0. The normalized spacial score (nSPS) is 32.4. The summed E-state index contributed by atoms with van der Waals surface area (Å²) in [5.41, 5.74) is 1.56. The molecule has 0 amide bonds. The average Bonchev–Trinajstić information content (AvgIpc) is 2.78. The minimum atomic E-state index is 0.381. The number of halogens is 1. The van der Waals surface area contributed by atoms with E-state index >= 15 is 0 Å². The highest BCUT2D eigenvalue weighted by Gasteiger charge is 2.29. The summed E-state index contributed by atoms with van der Waals surface area (Å²) in [5.74, 6) is 2.59. The minimum Gasteiger partial charge on any atom is -0.302 e. The summed E-state index contributed by atoms with van der Waals surface area (Å²) in [6.07, 6.45) is 1.14. The van der Waals surface area contributed by atoms with Crippen LogP contribution >= 0.6 is 23.4 Å². The molecule has 0 aliphatic carbocycles. The van der Waals surface area contributed by atoms with Crippen LogP contribution in [0.15, 0.2) is 29.2 Å². The van der Waals surface area contributed by atoms with Gasteiger partial charge in [-0.2, -0.15) is 0 Å². The molecule has 3 rings (SSSR count). The molecule has 2 aliphatic rings. The van der Waals surface area contributed by atoms with Crippen molar-refractivity contribution < 1.29 is 0 Å². The maximum atomic E-state index is 6.30. The van der Waals surface area contributed by atoms with Gasteiger partial charge >= 0.3 is 0 Å². The quantitative estimate of drug-likeness (QED) is 0.758. The van der Waals surface area contributed by atoms with Gasteiger partial charge in [0, 0.05) is 35.0 Å². The first kappa shape index (κ1) is 12.8. The number of hydrogen-bond acceptors (Lipinski definition) is 2. The van der Waals surface area contributed by atoms with E-state index in [-0.39, 0.29) is 0 Å². The zero-order valence-electron chi connectivity index (χ0n) is 10.8. The first-order valence-corrected chi connectivity index (χ1v) is 8.24. The smallest absolute Gasteiger partial charge is 0.0386 e. The third-order valence-corrected chi connectivity index (χ3v) is 6.06. The molecule has 0 aromatic heterocycles. The Balaban J connectivity index is 1.65. The number of rotatable bonds is 2. The van der Waals surface area contributed by atoms with E-state index in [4.69, 9.17) is 11.6 Å². The van der Waals surface area contributed by atoms with Crippen LogP contribution in [0, 0.1) is 5.92 Å². The molecule has 2 heterocycles.